The van der Waals surface area contributed by atoms with Gasteiger partial charge in [-0.15, -0.1) is 0 Å². The zero-order chi connectivity index (χ0) is 12.8. The Kier molecular flexibility index (Phi) is 3.86. The quantitative estimate of drug-likeness (QED) is 0.885. The van der Waals surface area contributed by atoms with Gasteiger partial charge in [-0.2, -0.15) is 0 Å². The minimum absolute atomic E-state index is 0.108. The van der Waals surface area contributed by atoms with Crippen LogP contribution in [-0.4, -0.2) is 16.8 Å². The van der Waals surface area contributed by atoms with Crippen LogP contribution in [0.3, 0.4) is 0 Å². The number of carbonyl (C=O) groups is 2. The molecule has 18 heavy (non-hydrogen) atoms. The fraction of sp³-hybridized carbons (Fsp3) is 0.154. The Hall–Kier alpha value is -2.43. The second-order valence-corrected chi connectivity index (χ2v) is 3.70. The van der Waals surface area contributed by atoms with Crippen LogP contribution in [0.1, 0.15) is 22.7 Å². The zero-order valence-electron chi connectivity index (χ0n) is 9.63. The lowest BCUT2D eigenvalue weighted by atomic mass is 10.1. The highest BCUT2D eigenvalue weighted by molar-refractivity contribution is 6.02. The summed E-state index contributed by atoms with van der Waals surface area (Å²) in [6, 6.07) is 9.60. The molecular formula is C13H12N2O3. The van der Waals surface area contributed by atoms with Gasteiger partial charge in [-0.05, 0) is 12.0 Å². The van der Waals surface area contributed by atoms with Crippen LogP contribution in [0.15, 0.2) is 47.2 Å². The van der Waals surface area contributed by atoms with Crippen LogP contribution >= 0.6 is 0 Å². The highest BCUT2D eigenvalue weighted by atomic mass is 16.3. The molecule has 92 valence electrons. The molecule has 1 aromatic carbocycles. The van der Waals surface area contributed by atoms with Crippen molar-refractivity contribution in [3.8, 4) is 0 Å². The van der Waals surface area contributed by atoms with Gasteiger partial charge < -0.3 is 4.42 Å². The third-order valence-corrected chi connectivity index (χ3v) is 2.36. The molecule has 0 bridgehead atoms. The van der Waals surface area contributed by atoms with Crippen molar-refractivity contribution in [3.63, 3.8) is 0 Å². The van der Waals surface area contributed by atoms with Gasteiger partial charge in [-0.3, -0.25) is 14.9 Å². The van der Waals surface area contributed by atoms with E-state index in [-0.39, 0.29) is 18.2 Å². The summed E-state index contributed by atoms with van der Waals surface area (Å²) < 4.78 is 4.78. The van der Waals surface area contributed by atoms with Crippen molar-refractivity contribution in [1.82, 2.24) is 10.3 Å². The smallest absolute Gasteiger partial charge is 0.313 e. The number of aryl methyl sites for hydroxylation is 1. The largest absolute Gasteiger partial charge is 0.441 e. The second kappa shape index (κ2) is 5.77. The third kappa shape index (κ3) is 3.28. The summed E-state index contributed by atoms with van der Waals surface area (Å²) in [6.45, 7) is 0. The average Bonchev–Trinajstić information content (AvgIpc) is 2.91. The first-order valence-corrected chi connectivity index (χ1v) is 5.53. The van der Waals surface area contributed by atoms with E-state index >= 15 is 0 Å². The van der Waals surface area contributed by atoms with Crippen molar-refractivity contribution in [2.45, 2.75) is 12.8 Å². The molecule has 0 fully saturated rings. The molecule has 0 saturated carbocycles. The number of hydrogen-bond donors (Lipinski definition) is 1. The third-order valence-electron chi connectivity index (χ3n) is 2.36. The monoisotopic (exact) mass is 244 g/mol. The van der Waals surface area contributed by atoms with Crippen molar-refractivity contribution in [3.05, 3.63) is 54.2 Å². The highest BCUT2D eigenvalue weighted by Crippen LogP contribution is 2.02. The number of oxazole rings is 1. The molecule has 0 saturated heterocycles. The summed E-state index contributed by atoms with van der Waals surface area (Å²) in [5.74, 6) is -1.07. The average molecular weight is 244 g/mol. The van der Waals surface area contributed by atoms with Crippen LogP contribution in [0.5, 0.6) is 0 Å². The minimum atomic E-state index is -0.613. The van der Waals surface area contributed by atoms with E-state index in [0.29, 0.717) is 6.42 Å². The number of aromatic nitrogens is 1. The molecule has 1 heterocycles. The van der Waals surface area contributed by atoms with Gasteiger partial charge in [0.1, 0.15) is 6.26 Å². The Morgan fingerprint density at radius 3 is 2.67 bits per heavy atom. The molecule has 2 amide bonds. The van der Waals surface area contributed by atoms with Gasteiger partial charge in [-0.25, -0.2) is 4.98 Å². The van der Waals surface area contributed by atoms with Crippen LogP contribution in [0.4, 0.5) is 0 Å². The van der Waals surface area contributed by atoms with Crippen LogP contribution in [0.25, 0.3) is 0 Å². The maximum Gasteiger partial charge on any atom is 0.313 e. The summed E-state index contributed by atoms with van der Waals surface area (Å²) in [7, 11) is 0. The summed E-state index contributed by atoms with van der Waals surface area (Å²) in [5.41, 5.74) is 1.05. The lowest BCUT2D eigenvalue weighted by molar-refractivity contribution is -0.120. The summed E-state index contributed by atoms with van der Waals surface area (Å²) in [6.07, 6.45) is 3.47. The predicted octanol–water partition coefficient (Wildman–Crippen LogP) is 1.56. The molecule has 0 aliphatic carbocycles. The Balaban J connectivity index is 1.81. The molecule has 0 spiro atoms. The molecule has 0 unspecified atom stereocenters. The van der Waals surface area contributed by atoms with E-state index in [0.717, 1.165) is 5.56 Å². The van der Waals surface area contributed by atoms with E-state index in [4.69, 9.17) is 4.42 Å². The standard InChI is InChI=1S/C13H12N2O3/c16-11(7-6-10-4-2-1-3-5-10)15-12(17)13-14-8-9-18-13/h1-5,8-9H,6-7H2,(H,15,16,17). The first-order valence-electron chi connectivity index (χ1n) is 5.53. The van der Waals surface area contributed by atoms with E-state index in [1.807, 2.05) is 30.3 Å². The lowest BCUT2D eigenvalue weighted by Crippen LogP contribution is -2.30. The predicted molar refractivity (Wildman–Crippen MR) is 63.7 cm³/mol. The number of amides is 2. The number of hydrogen-bond acceptors (Lipinski definition) is 4. The summed E-state index contributed by atoms with van der Waals surface area (Å²) >= 11 is 0. The normalized spacial score (nSPS) is 10.0. The SMILES string of the molecule is O=C(CCc1ccccc1)NC(=O)c1ncco1. The number of benzene rings is 1. The Labute approximate surface area is 104 Å². The van der Waals surface area contributed by atoms with E-state index in [2.05, 4.69) is 10.3 Å². The molecule has 0 radical (unpaired) electrons. The minimum Gasteiger partial charge on any atom is -0.441 e. The maximum absolute atomic E-state index is 11.5. The highest BCUT2D eigenvalue weighted by Gasteiger charge is 2.13. The molecule has 0 atom stereocenters. The van der Waals surface area contributed by atoms with Crippen molar-refractivity contribution in [2.24, 2.45) is 0 Å². The van der Waals surface area contributed by atoms with Gasteiger partial charge in [0, 0.05) is 6.42 Å². The Bertz CT molecular complexity index is 520. The summed E-state index contributed by atoms with van der Waals surface area (Å²) in [5, 5.41) is 2.22. The van der Waals surface area contributed by atoms with E-state index in [1.165, 1.54) is 12.5 Å². The molecule has 2 aromatic rings. The topological polar surface area (TPSA) is 72.2 Å². The van der Waals surface area contributed by atoms with Crippen molar-refractivity contribution in [2.75, 3.05) is 0 Å². The molecule has 0 aliphatic rings. The summed E-state index contributed by atoms with van der Waals surface area (Å²) in [4.78, 5) is 26.6. The fourth-order valence-electron chi connectivity index (χ4n) is 1.48. The fourth-order valence-corrected chi connectivity index (χ4v) is 1.48. The van der Waals surface area contributed by atoms with Crippen LogP contribution < -0.4 is 5.32 Å². The number of nitrogens with one attached hydrogen (secondary N) is 1. The van der Waals surface area contributed by atoms with Gasteiger partial charge in [-0.1, -0.05) is 30.3 Å². The number of nitrogens with zero attached hydrogens (tertiary/aromatic N) is 1. The molecular weight excluding hydrogens is 232 g/mol. The number of carbonyl (C=O) groups excluding carboxylic acids is 2. The Morgan fingerprint density at radius 2 is 2.00 bits per heavy atom. The van der Waals surface area contributed by atoms with Gasteiger partial charge in [0.25, 0.3) is 5.89 Å². The number of imide groups is 1. The molecule has 5 heteroatoms. The van der Waals surface area contributed by atoms with Crippen LogP contribution in [0.2, 0.25) is 0 Å². The van der Waals surface area contributed by atoms with E-state index in [1.54, 1.807) is 0 Å². The van der Waals surface area contributed by atoms with Gasteiger partial charge in [0.05, 0.1) is 6.20 Å². The Morgan fingerprint density at radius 1 is 1.22 bits per heavy atom. The van der Waals surface area contributed by atoms with Crippen molar-refractivity contribution in [1.29, 1.82) is 0 Å². The van der Waals surface area contributed by atoms with Crippen molar-refractivity contribution >= 4 is 11.8 Å². The molecule has 5 nitrogen and oxygen atoms in total. The van der Waals surface area contributed by atoms with Crippen LogP contribution in [0, 0.1) is 0 Å². The van der Waals surface area contributed by atoms with E-state index < -0.39 is 5.91 Å². The lowest BCUT2D eigenvalue weighted by Gasteiger charge is -2.01. The number of rotatable bonds is 4. The second-order valence-electron chi connectivity index (χ2n) is 3.70. The molecule has 1 N–H and O–H groups in total. The van der Waals surface area contributed by atoms with Gasteiger partial charge in [0.2, 0.25) is 5.91 Å². The van der Waals surface area contributed by atoms with Crippen LogP contribution in [-0.2, 0) is 11.2 Å². The molecule has 0 aliphatic heterocycles. The van der Waals surface area contributed by atoms with Crippen molar-refractivity contribution < 1.29 is 14.0 Å². The molecule has 2 rings (SSSR count). The van der Waals surface area contributed by atoms with Gasteiger partial charge >= 0.3 is 5.91 Å². The molecule has 1 aromatic heterocycles. The van der Waals surface area contributed by atoms with E-state index in [9.17, 15) is 9.59 Å². The zero-order valence-corrected chi connectivity index (χ0v) is 9.63. The first kappa shape index (κ1) is 12.0. The van der Waals surface area contributed by atoms with Gasteiger partial charge in [0.15, 0.2) is 0 Å². The maximum atomic E-state index is 11.5. The first-order chi connectivity index (χ1) is 8.75.